The zero-order valence-corrected chi connectivity index (χ0v) is 22.4. The molecule has 0 heterocycles. The molecule has 0 radical (unpaired) electrons. The van der Waals surface area contributed by atoms with E-state index >= 15 is 0 Å². The van der Waals surface area contributed by atoms with Gasteiger partial charge in [0.15, 0.2) is 0 Å². The Morgan fingerprint density at radius 1 is 0.947 bits per heavy atom. The summed E-state index contributed by atoms with van der Waals surface area (Å²) < 4.78 is 33.4. The molecule has 0 fully saturated rings. The third-order valence-electron chi connectivity index (χ3n) is 5.90. The maximum Gasteiger partial charge on any atom is 0.251 e. The number of aliphatic hydroxyl groups excluding tert-OH is 1. The number of aromatic hydroxyl groups is 2. The molecule has 0 aliphatic carbocycles. The van der Waals surface area contributed by atoms with E-state index < -0.39 is 28.1 Å². The molecule has 3 rings (SSSR count). The minimum absolute atomic E-state index is 0.00217. The molecule has 0 unspecified atom stereocenters. The van der Waals surface area contributed by atoms with Gasteiger partial charge in [0, 0.05) is 24.7 Å². The van der Waals surface area contributed by atoms with E-state index in [2.05, 4.69) is 5.32 Å². The third kappa shape index (κ3) is 7.70. The minimum atomic E-state index is -3.98. The van der Waals surface area contributed by atoms with E-state index in [1.165, 1.54) is 35.7 Å². The number of phenolic OH excluding ortho intramolecular Hbond substituents is 2. The highest BCUT2D eigenvalue weighted by Crippen LogP contribution is 2.23. The number of carbonyl (C=O) groups is 1. The van der Waals surface area contributed by atoms with Gasteiger partial charge in [0.05, 0.1) is 24.2 Å². The number of hydrogen-bond donors (Lipinski definition) is 4. The van der Waals surface area contributed by atoms with Crippen LogP contribution in [0, 0.1) is 5.92 Å². The summed E-state index contributed by atoms with van der Waals surface area (Å²) in [5.74, 6) is -0.728. The van der Waals surface area contributed by atoms with Crippen LogP contribution in [0.2, 0.25) is 0 Å². The molecular formula is C28H34N2O7S. The third-order valence-corrected chi connectivity index (χ3v) is 7.75. The molecule has 0 saturated heterocycles. The summed E-state index contributed by atoms with van der Waals surface area (Å²) in [7, 11) is -2.49. The molecule has 3 aromatic carbocycles. The molecule has 204 valence electrons. The van der Waals surface area contributed by atoms with Crippen LogP contribution < -0.4 is 10.1 Å². The van der Waals surface area contributed by atoms with Gasteiger partial charge in [0.2, 0.25) is 10.0 Å². The zero-order chi connectivity index (χ0) is 27.9. The maximum atomic E-state index is 13.5. The fraction of sp³-hybridized carbons (Fsp3) is 0.321. The second-order valence-corrected chi connectivity index (χ2v) is 11.4. The second-order valence-electron chi connectivity index (χ2n) is 9.47. The van der Waals surface area contributed by atoms with Gasteiger partial charge in [-0.15, -0.1) is 0 Å². The summed E-state index contributed by atoms with van der Waals surface area (Å²) in [5.41, 5.74) is 0.821. The monoisotopic (exact) mass is 542 g/mol. The number of sulfonamides is 1. The Bertz CT molecular complexity index is 1290. The number of benzene rings is 3. The quantitative estimate of drug-likeness (QED) is 0.276. The van der Waals surface area contributed by atoms with Crippen molar-refractivity contribution in [2.75, 3.05) is 20.2 Å². The molecule has 0 aromatic heterocycles. The summed E-state index contributed by atoms with van der Waals surface area (Å²) in [6.07, 6.45) is -1.06. The summed E-state index contributed by atoms with van der Waals surface area (Å²) >= 11 is 0. The summed E-state index contributed by atoms with van der Waals surface area (Å²) in [4.78, 5) is 13.1. The van der Waals surface area contributed by atoms with Crippen LogP contribution in [-0.4, -0.2) is 66.3 Å². The van der Waals surface area contributed by atoms with Crippen LogP contribution in [0.25, 0.3) is 0 Å². The summed E-state index contributed by atoms with van der Waals surface area (Å²) in [6.45, 7) is 3.63. The first kappa shape index (κ1) is 29.0. The first-order chi connectivity index (χ1) is 18.0. The average molecular weight is 543 g/mol. The Balaban J connectivity index is 1.90. The van der Waals surface area contributed by atoms with Crippen LogP contribution in [-0.2, 0) is 16.4 Å². The van der Waals surface area contributed by atoms with Gasteiger partial charge in [-0.3, -0.25) is 4.79 Å². The molecule has 0 aliphatic rings. The number of ether oxygens (including phenoxy) is 1. The summed E-state index contributed by atoms with van der Waals surface area (Å²) in [5, 5.41) is 33.6. The Morgan fingerprint density at radius 2 is 1.55 bits per heavy atom. The smallest absolute Gasteiger partial charge is 0.251 e. The van der Waals surface area contributed by atoms with Gasteiger partial charge in [-0.25, -0.2) is 8.42 Å². The van der Waals surface area contributed by atoms with Crippen molar-refractivity contribution < 1.29 is 33.3 Å². The van der Waals surface area contributed by atoms with E-state index in [4.69, 9.17) is 4.74 Å². The number of nitrogens with one attached hydrogen (secondary N) is 1. The van der Waals surface area contributed by atoms with Gasteiger partial charge in [-0.05, 0) is 54.3 Å². The lowest BCUT2D eigenvalue weighted by molar-refractivity contribution is 0.0775. The molecule has 9 nitrogen and oxygen atoms in total. The highest BCUT2D eigenvalue weighted by molar-refractivity contribution is 7.89. The molecule has 0 bridgehead atoms. The molecule has 2 atom stereocenters. The number of nitrogens with zero attached hydrogens (tertiary/aromatic N) is 1. The van der Waals surface area contributed by atoms with Gasteiger partial charge in [0.1, 0.15) is 17.2 Å². The lowest BCUT2D eigenvalue weighted by Gasteiger charge is -2.31. The standard InChI is InChI=1S/C28H34N2O7S/c1-19(2)17-30(38(35,36)25-11-9-24(37-3)10-12-25)18-27(33)26(13-20-7-5-4-6-8-20)29-28(34)21-14-22(31)16-23(32)15-21/h4-12,14-16,19,26-27,31-33H,13,17-18H2,1-3H3,(H,29,34)/t26-,27+/m0/s1. The number of rotatable bonds is 12. The molecule has 4 N–H and O–H groups in total. The number of methoxy groups -OCH3 is 1. The molecule has 0 aliphatic heterocycles. The first-order valence-electron chi connectivity index (χ1n) is 12.2. The number of hydrogen-bond acceptors (Lipinski definition) is 7. The average Bonchev–Trinajstić information content (AvgIpc) is 2.87. The predicted molar refractivity (Wildman–Crippen MR) is 144 cm³/mol. The topological polar surface area (TPSA) is 136 Å². The number of carbonyl (C=O) groups excluding carboxylic acids is 1. The molecule has 0 saturated carbocycles. The van der Waals surface area contributed by atoms with E-state index in [0.29, 0.717) is 5.75 Å². The van der Waals surface area contributed by atoms with Crippen LogP contribution in [0.15, 0.2) is 77.7 Å². The van der Waals surface area contributed by atoms with Crippen LogP contribution in [0.3, 0.4) is 0 Å². The Hall–Kier alpha value is -3.60. The van der Waals surface area contributed by atoms with Crippen molar-refractivity contribution in [3.63, 3.8) is 0 Å². The van der Waals surface area contributed by atoms with Gasteiger partial charge >= 0.3 is 0 Å². The van der Waals surface area contributed by atoms with Crippen molar-refractivity contribution >= 4 is 15.9 Å². The van der Waals surface area contributed by atoms with E-state index in [1.54, 1.807) is 12.1 Å². The molecule has 1 amide bonds. The summed E-state index contributed by atoms with van der Waals surface area (Å²) in [6, 6.07) is 17.8. The van der Waals surface area contributed by atoms with E-state index in [0.717, 1.165) is 11.6 Å². The lowest BCUT2D eigenvalue weighted by Crippen LogP contribution is -2.51. The fourth-order valence-electron chi connectivity index (χ4n) is 4.04. The molecule has 10 heteroatoms. The van der Waals surface area contributed by atoms with Gasteiger partial charge in [-0.1, -0.05) is 44.2 Å². The van der Waals surface area contributed by atoms with E-state index in [9.17, 15) is 28.5 Å². The van der Waals surface area contributed by atoms with Crippen molar-refractivity contribution in [1.82, 2.24) is 9.62 Å². The van der Waals surface area contributed by atoms with Gasteiger partial charge < -0.3 is 25.4 Å². The van der Waals surface area contributed by atoms with Crippen molar-refractivity contribution in [3.8, 4) is 17.2 Å². The predicted octanol–water partition coefficient (Wildman–Crippen LogP) is 3.16. The molecule has 3 aromatic rings. The Morgan fingerprint density at radius 3 is 2.11 bits per heavy atom. The second kappa shape index (κ2) is 12.8. The van der Waals surface area contributed by atoms with Crippen molar-refractivity contribution in [2.24, 2.45) is 5.92 Å². The fourth-order valence-corrected chi connectivity index (χ4v) is 5.66. The van der Waals surface area contributed by atoms with E-state index in [-0.39, 0.29) is 47.4 Å². The highest BCUT2D eigenvalue weighted by Gasteiger charge is 2.31. The van der Waals surface area contributed by atoms with E-state index in [1.807, 2.05) is 44.2 Å². The van der Waals surface area contributed by atoms with Crippen LogP contribution in [0.1, 0.15) is 29.8 Å². The first-order valence-corrected chi connectivity index (χ1v) is 13.6. The molecular weight excluding hydrogens is 508 g/mol. The molecule has 0 spiro atoms. The Labute approximate surface area is 223 Å². The minimum Gasteiger partial charge on any atom is -0.508 e. The normalized spacial score (nSPS) is 13.3. The molecule has 38 heavy (non-hydrogen) atoms. The van der Waals surface area contributed by atoms with Crippen LogP contribution >= 0.6 is 0 Å². The van der Waals surface area contributed by atoms with Crippen LogP contribution in [0.5, 0.6) is 17.2 Å². The SMILES string of the molecule is COc1ccc(S(=O)(=O)N(CC(C)C)C[C@@H](O)[C@H](Cc2ccccc2)NC(=O)c2cc(O)cc(O)c2)cc1. The number of amides is 1. The maximum absolute atomic E-state index is 13.5. The lowest BCUT2D eigenvalue weighted by atomic mass is 10.00. The zero-order valence-electron chi connectivity index (χ0n) is 21.6. The van der Waals surface area contributed by atoms with Gasteiger partial charge in [-0.2, -0.15) is 4.31 Å². The van der Waals surface area contributed by atoms with Crippen LogP contribution in [0.4, 0.5) is 0 Å². The van der Waals surface area contributed by atoms with Crippen molar-refractivity contribution in [1.29, 1.82) is 0 Å². The Kier molecular flexibility index (Phi) is 9.73. The highest BCUT2D eigenvalue weighted by atomic mass is 32.2. The van der Waals surface area contributed by atoms with Crippen molar-refractivity contribution in [2.45, 2.75) is 37.3 Å². The van der Waals surface area contributed by atoms with Crippen molar-refractivity contribution in [3.05, 3.63) is 83.9 Å². The number of phenols is 2. The van der Waals surface area contributed by atoms with Gasteiger partial charge in [0.25, 0.3) is 5.91 Å². The largest absolute Gasteiger partial charge is 0.508 e. The number of aliphatic hydroxyl groups is 1.